The number of Topliss-reactive ketones (excluding diaryl/α,β-unsaturated/α-hetero) is 3. The van der Waals surface area contributed by atoms with Gasteiger partial charge in [0.1, 0.15) is 17.3 Å². The van der Waals surface area contributed by atoms with Crippen LogP contribution in [0.3, 0.4) is 0 Å². The van der Waals surface area contributed by atoms with Crippen LogP contribution in [0, 0.1) is 11.2 Å². The monoisotopic (exact) mass is 567 g/mol. The fourth-order valence-corrected chi connectivity index (χ4v) is 7.33. The maximum Gasteiger partial charge on any atom is 0.185 e. The van der Waals surface area contributed by atoms with Gasteiger partial charge in [0, 0.05) is 38.3 Å². The number of para-hydroxylation sites is 1. The van der Waals surface area contributed by atoms with Gasteiger partial charge in [-0.25, -0.2) is 4.39 Å². The van der Waals surface area contributed by atoms with Crippen molar-refractivity contribution in [1.29, 1.82) is 0 Å². The van der Waals surface area contributed by atoms with Gasteiger partial charge in [0.2, 0.25) is 0 Å². The highest BCUT2D eigenvalue weighted by atomic mass is 35.5. The number of anilines is 1. The Morgan fingerprint density at radius 1 is 0.825 bits per heavy atom. The number of ketones is 3. The van der Waals surface area contributed by atoms with Crippen LogP contribution in [0.25, 0.3) is 6.08 Å². The molecule has 0 radical (unpaired) electrons. The molecule has 2 aliphatic heterocycles. The van der Waals surface area contributed by atoms with E-state index in [1.54, 1.807) is 42.5 Å². The van der Waals surface area contributed by atoms with Gasteiger partial charge in [-0.15, -0.1) is 0 Å². The minimum Gasteiger partial charge on any atom is -0.352 e. The number of rotatable bonds is 3. The third-order valence-electron chi connectivity index (χ3n) is 8.41. The lowest BCUT2D eigenvalue weighted by Crippen LogP contribution is -2.48. The summed E-state index contributed by atoms with van der Waals surface area (Å²) in [6.07, 6.45) is 3.74. The van der Waals surface area contributed by atoms with E-state index in [1.165, 1.54) is 24.3 Å². The average Bonchev–Trinajstić information content (AvgIpc) is 3.39. The molecule has 0 unspecified atom stereocenters. The molecule has 0 bridgehead atoms. The highest BCUT2D eigenvalue weighted by molar-refractivity contribution is 6.36. The van der Waals surface area contributed by atoms with Gasteiger partial charge < -0.3 is 4.90 Å². The summed E-state index contributed by atoms with van der Waals surface area (Å²) in [4.78, 5) is 45.6. The molecule has 3 atom stereocenters. The lowest BCUT2D eigenvalue weighted by molar-refractivity contribution is 0.0666. The first-order valence-corrected chi connectivity index (χ1v) is 13.6. The number of carbonyl (C=O) groups excluding carboxylic acids is 3. The predicted octanol–water partition coefficient (Wildman–Crippen LogP) is 7.45. The van der Waals surface area contributed by atoms with Crippen LogP contribution < -0.4 is 4.90 Å². The molecule has 0 aromatic heterocycles. The summed E-state index contributed by atoms with van der Waals surface area (Å²) in [6.45, 7) is 0. The molecule has 2 heterocycles. The Morgan fingerprint density at radius 2 is 1.48 bits per heavy atom. The Bertz CT molecular complexity index is 1750. The van der Waals surface area contributed by atoms with E-state index in [2.05, 4.69) is 0 Å². The second kappa shape index (κ2) is 8.98. The zero-order valence-corrected chi connectivity index (χ0v) is 22.4. The number of benzene rings is 4. The van der Waals surface area contributed by atoms with Gasteiger partial charge in [-0.3, -0.25) is 14.4 Å². The van der Waals surface area contributed by atoms with E-state index in [9.17, 15) is 18.8 Å². The van der Waals surface area contributed by atoms with E-state index in [0.29, 0.717) is 21.7 Å². The summed E-state index contributed by atoms with van der Waals surface area (Å²) in [5.74, 6) is -2.49. The smallest absolute Gasteiger partial charge is 0.185 e. The maximum atomic E-state index is 14.6. The zero-order chi connectivity index (χ0) is 27.8. The van der Waals surface area contributed by atoms with Crippen LogP contribution in [-0.4, -0.2) is 29.4 Å². The second-order valence-corrected chi connectivity index (χ2v) is 11.1. The second-order valence-electron chi connectivity index (χ2n) is 10.3. The summed E-state index contributed by atoms with van der Waals surface area (Å²) < 4.78 is 13.9. The van der Waals surface area contributed by atoms with Crippen molar-refractivity contribution in [2.75, 3.05) is 4.90 Å². The molecule has 7 heteroatoms. The first-order chi connectivity index (χ1) is 19.3. The Hall–Kier alpha value is -4.06. The van der Waals surface area contributed by atoms with E-state index in [0.717, 1.165) is 11.3 Å². The summed E-state index contributed by atoms with van der Waals surface area (Å²) >= 11 is 13.1. The fourth-order valence-electron chi connectivity index (χ4n) is 6.80. The van der Waals surface area contributed by atoms with Crippen LogP contribution in [0.15, 0.2) is 97.1 Å². The van der Waals surface area contributed by atoms with E-state index in [-0.39, 0.29) is 27.9 Å². The van der Waals surface area contributed by atoms with Gasteiger partial charge >= 0.3 is 0 Å². The lowest BCUT2D eigenvalue weighted by atomic mass is 9.64. The Kier molecular flexibility index (Phi) is 5.60. The molecule has 0 amide bonds. The molecule has 196 valence electrons. The molecule has 3 aliphatic rings. The summed E-state index contributed by atoms with van der Waals surface area (Å²) in [5, 5.41) is 0.639. The molecule has 4 aromatic carbocycles. The molecule has 1 fully saturated rings. The van der Waals surface area contributed by atoms with Crippen LogP contribution >= 0.6 is 23.2 Å². The van der Waals surface area contributed by atoms with Crippen molar-refractivity contribution in [1.82, 2.24) is 0 Å². The minimum atomic E-state index is -1.68. The standard InChI is InChI=1S/C33H20Cl2FNO3/c34-20-12-15-24(25(35)17-20)28-29(30(38)19-9-13-21(36)14-10-19)37-26-8-4-1-5-18(26)11-16-27(37)33(28)31(39)22-6-2-3-7-23(22)32(33)40/h1-17,27-29H/t27-,28-,29+/m0/s1. The molecule has 7 rings (SSSR count). The zero-order valence-electron chi connectivity index (χ0n) is 20.9. The molecule has 1 saturated heterocycles. The Morgan fingerprint density at radius 3 is 2.15 bits per heavy atom. The molecule has 0 N–H and O–H groups in total. The lowest BCUT2D eigenvalue weighted by Gasteiger charge is -2.37. The van der Waals surface area contributed by atoms with Gasteiger partial charge in [-0.1, -0.05) is 83.9 Å². The number of nitrogens with zero attached hydrogens (tertiary/aromatic N) is 1. The molecule has 4 nitrogen and oxygen atoms in total. The minimum absolute atomic E-state index is 0.252. The van der Waals surface area contributed by atoms with E-state index in [1.807, 2.05) is 41.3 Å². The Balaban J connectivity index is 1.56. The van der Waals surface area contributed by atoms with Gasteiger partial charge in [-0.2, -0.15) is 0 Å². The van der Waals surface area contributed by atoms with Gasteiger partial charge in [0.05, 0.1) is 6.04 Å². The topological polar surface area (TPSA) is 54.5 Å². The fraction of sp³-hybridized carbons (Fsp3) is 0.121. The third-order valence-corrected chi connectivity index (χ3v) is 8.97. The molecule has 40 heavy (non-hydrogen) atoms. The first-order valence-electron chi connectivity index (χ1n) is 12.8. The number of hydrogen-bond donors (Lipinski definition) is 0. The number of halogens is 3. The molecule has 0 saturated carbocycles. The number of hydrogen-bond acceptors (Lipinski definition) is 4. The van der Waals surface area contributed by atoms with Crippen molar-refractivity contribution in [3.8, 4) is 0 Å². The predicted molar refractivity (Wildman–Crippen MR) is 153 cm³/mol. The molecule has 1 aliphatic carbocycles. The molecule has 1 spiro atoms. The highest BCUT2D eigenvalue weighted by Crippen LogP contribution is 2.61. The molecule has 4 aromatic rings. The third kappa shape index (κ3) is 3.28. The summed E-state index contributed by atoms with van der Waals surface area (Å²) in [5.41, 5.74) is 1.28. The summed E-state index contributed by atoms with van der Waals surface area (Å²) in [7, 11) is 0. The van der Waals surface area contributed by atoms with Crippen LogP contribution in [-0.2, 0) is 0 Å². The maximum absolute atomic E-state index is 14.6. The van der Waals surface area contributed by atoms with Crippen molar-refractivity contribution in [3.63, 3.8) is 0 Å². The van der Waals surface area contributed by atoms with Crippen LogP contribution in [0.5, 0.6) is 0 Å². The Labute approximate surface area is 239 Å². The SMILES string of the molecule is O=C(c1ccc(F)cc1)[C@H]1[C@H](c2ccc(Cl)cc2Cl)C2(C(=O)c3ccccc3C2=O)[C@@H]2C=Cc3ccccc3N21. The van der Waals surface area contributed by atoms with E-state index in [4.69, 9.17) is 23.2 Å². The highest BCUT2D eigenvalue weighted by Gasteiger charge is 2.71. The van der Waals surface area contributed by atoms with Crippen molar-refractivity contribution in [3.05, 3.63) is 141 Å². The quantitative estimate of drug-likeness (QED) is 0.190. The van der Waals surface area contributed by atoms with Gasteiger partial charge in [-0.05, 0) is 53.6 Å². The van der Waals surface area contributed by atoms with E-state index < -0.39 is 29.2 Å². The van der Waals surface area contributed by atoms with Crippen molar-refractivity contribution in [2.45, 2.75) is 18.0 Å². The normalized spacial score (nSPS) is 21.9. The van der Waals surface area contributed by atoms with Crippen LogP contribution in [0.4, 0.5) is 10.1 Å². The van der Waals surface area contributed by atoms with Crippen molar-refractivity contribution < 1.29 is 18.8 Å². The summed E-state index contributed by atoms with van der Waals surface area (Å²) in [6, 6.07) is 22.7. The van der Waals surface area contributed by atoms with Crippen LogP contribution in [0.1, 0.15) is 48.1 Å². The average molecular weight is 568 g/mol. The molecular formula is C33H20Cl2FNO3. The van der Waals surface area contributed by atoms with Crippen molar-refractivity contribution >= 4 is 52.3 Å². The van der Waals surface area contributed by atoms with Gasteiger partial charge in [0.25, 0.3) is 0 Å². The number of carbonyl (C=O) groups is 3. The largest absolute Gasteiger partial charge is 0.352 e. The van der Waals surface area contributed by atoms with Gasteiger partial charge in [0.15, 0.2) is 17.3 Å². The molecular weight excluding hydrogens is 548 g/mol. The van der Waals surface area contributed by atoms with Crippen LogP contribution in [0.2, 0.25) is 10.0 Å². The first kappa shape index (κ1) is 24.9. The van der Waals surface area contributed by atoms with Crippen molar-refractivity contribution in [2.24, 2.45) is 5.41 Å². The number of fused-ring (bicyclic) bond motifs is 5. The van der Waals surface area contributed by atoms with E-state index >= 15 is 0 Å².